The third-order valence-corrected chi connectivity index (χ3v) is 4.30. The molecule has 1 unspecified atom stereocenters. The average molecular weight is 328 g/mol. The Kier molecular flexibility index (Phi) is 5.61. The van der Waals surface area contributed by atoms with Gasteiger partial charge in [-0.15, -0.1) is 0 Å². The first-order valence-corrected chi connectivity index (χ1v) is 8.38. The van der Waals surface area contributed by atoms with Gasteiger partial charge >= 0.3 is 0 Å². The summed E-state index contributed by atoms with van der Waals surface area (Å²) in [4.78, 5) is 14.3. The summed E-state index contributed by atoms with van der Waals surface area (Å²) in [5.41, 5.74) is 2.40. The molecular weight excluding hydrogens is 304 g/mol. The first-order chi connectivity index (χ1) is 11.7. The highest BCUT2D eigenvalue weighted by atomic mass is 16.5. The number of benzene rings is 1. The van der Waals surface area contributed by atoms with E-state index in [4.69, 9.17) is 4.74 Å². The van der Waals surface area contributed by atoms with Gasteiger partial charge in [-0.1, -0.05) is 24.3 Å². The minimum absolute atomic E-state index is 0.142. The van der Waals surface area contributed by atoms with Crippen molar-refractivity contribution in [1.29, 1.82) is 0 Å². The zero-order valence-corrected chi connectivity index (χ0v) is 14.0. The second-order valence-corrected chi connectivity index (χ2v) is 6.01. The Bertz CT molecular complexity index is 651. The highest BCUT2D eigenvalue weighted by Crippen LogP contribution is 2.11. The van der Waals surface area contributed by atoms with Crippen molar-refractivity contribution in [2.45, 2.75) is 26.1 Å². The molecule has 3 rings (SSSR count). The standard InChI is InChI=1S/C18H24N4O2/c1-15(18(23)21-9-11-24-12-10-21)19-13-16-5-2-3-6-17(16)14-22-8-4-7-20-22/h2-8,15,19H,9-14H2,1H3. The van der Waals surface area contributed by atoms with Gasteiger partial charge in [0, 0.05) is 32.0 Å². The van der Waals surface area contributed by atoms with Crippen molar-refractivity contribution in [3.63, 3.8) is 0 Å². The number of nitrogens with one attached hydrogen (secondary N) is 1. The number of morpholine rings is 1. The van der Waals surface area contributed by atoms with Gasteiger partial charge in [0.1, 0.15) is 0 Å². The van der Waals surface area contributed by atoms with Crippen molar-refractivity contribution in [3.8, 4) is 0 Å². The minimum Gasteiger partial charge on any atom is -0.378 e. The number of rotatable bonds is 6. The van der Waals surface area contributed by atoms with Crippen LogP contribution in [0.15, 0.2) is 42.7 Å². The maximum absolute atomic E-state index is 12.5. The molecule has 0 radical (unpaired) electrons. The summed E-state index contributed by atoms with van der Waals surface area (Å²) >= 11 is 0. The second-order valence-electron chi connectivity index (χ2n) is 6.01. The van der Waals surface area contributed by atoms with E-state index in [1.165, 1.54) is 11.1 Å². The van der Waals surface area contributed by atoms with Gasteiger partial charge in [0.05, 0.1) is 25.8 Å². The lowest BCUT2D eigenvalue weighted by Crippen LogP contribution is -2.49. The zero-order chi connectivity index (χ0) is 16.8. The summed E-state index contributed by atoms with van der Waals surface area (Å²) in [6.45, 7) is 5.94. The van der Waals surface area contributed by atoms with E-state index >= 15 is 0 Å². The highest BCUT2D eigenvalue weighted by Gasteiger charge is 2.22. The summed E-state index contributed by atoms with van der Waals surface area (Å²) in [5.74, 6) is 0.142. The van der Waals surface area contributed by atoms with Crippen molar-refractivity contribution in [2.75, 3.05) is 26.3 Å². The fourth-order valence-electron chi connectivity index (χ4n) is 2.86. The molecule has 1 aliphatic rings. The topological polar surface area (TPSA) is 59.4 Å². The van der Waals surface area contributed by atoms with Crippen LogP contribution in [0.25, 0.3) is 0 Å². The molecule has 6 heteroatoms. The quantitative estimate of drug-likeness (QED) is 0.867. The van der Waals surface area contributed by atoms with Crippen LogP contribution < -0.4 is 5.32 Å². The number of ether oxygens (including phenoxy) is 1. The molecule has 2 heterocycles. The lowest BCUT2D eigenvalue weighted by atomic mass is 10.1. The SMILES string of the molecule is CC(NCc1ccccc1Cn1cccn1)C(=O)N1CCOCC1. The first-order valence-electron chi connectivity index (χ1n) is 8.38. The van der Waals surface area contributed by atoms with Crippen LogP contribution in [0, 0.1) is 0 Å². The van der Waals surface area contributed by atoms with Crippen molar-refractivity contribution in [3.05, 3.63) is 53.9 Å². The third-order valence-electron chi connectivity index (χ3n) is 4.30. The number of nitrogens with zero attached hydrogens (tertiary/aromatic N) is 3. The maximum atomic E-state index is 12.5. The van der Waals surface area contributed by atoms with Gasteiger partial charge in [-0.3, -0.25) is 9.48 Å². The van der Waals surface area contributed by atoms with Crippen molar-refractivity contribution < 1.29 is 9.53 Å². The molecule has 1 saturated heterocycles. The molecule has 0 aliphatic carbocycles. The zero-order valence-electron chi connectivity index (χ0n) is 14.0. The van der Waals surface area contributed by atoms with Crippen LogP contribution >= 0.6 is 0 Å². The van der Waals surface area contributed by atoms with Crippen LogP contribution in [-0.4, -0.2) is 52.9 Å². The normalized spacial score (nSPS) is 16.1. The summed E-state index contributed by atoms with van der Waals surface area (Å²) in [5, 5.41) is 7.62. The summed E-state index contributed by atoms with van der Waals surface area (Å²) in [6, 6.07) is 9.97. The first kappa shape index (κ1) is 16.7. The van der Waals surface area contributed by atoms with E-state index in [2.05, 4.69) is 22.5 Å². The van der Waals surface area contributed by atoms with Crippen molar-refractivity contribution in [2.24, 2.45) is 0 Å². The van der Waals surface area contributed by atoms with Crippen LogP contribution in [0.3, 0.4) is 0 Å². The average Bonchev–Trinajstić information content (AvgIpc) is 3.14. The molecule has 1 aliphatic heterocycles. The van der Waals surface area contributed by atoms with Gasteiger partial charge in [0.25, 0.3) is 0 Å². The molecule has 2 aromatic rings. The van der Waals surface area contributed by atoms with Crippen LogP contribution in [0.5, 0.6) is 0 Å². The summed E-state index contributed by atoms with van der Waals surface area (Å²) in [7, 11) is 0. The number of amides is 1. The number of hydrogen-bond donors (Lipinski definition) is 1. The molecule has 1 aromatic carbocycles. The fraction of sp³-hybridized carbons (Fsp3) is 0.444. The predicted octanol–water partition coefficient (Wildman–Crippen LogP) is 1.27. The van der Waals surface area contributed by atoms with E-state index in [-0.39, 0.29) is 11.9 Å². The Labute approximate surface area is 142 Å². The number of carbonyl (C=O) groups is 1. The molecule has 0 saturated carbocycles. The molecule has 128 valence electrons. The van der Waals surface area contributed by atoms with Crippen molar-refractivity contribution in [1.82, 2.24) is 20.0 Å². The molecule has 0 bridgehead atoms. The highest BCUT2D eigenvalue weighted by molar-refractivity contribution is 5.81. The summed E-state index contributed by atoms with van der Waals surface area (Å²) < 4.78 is 7.21. The molecular formula is C18H24N4O2. The largest absolute Gasteiger partial charge is 0.378 e. The second kappa shape index (κ2) is 8.08. The van der Waals surface area contributed by atoms with E-state index in [1.54, 1.807) is 6.20 Å². The van der Waals surface area contributed by atoms with Crippen LogP contribution in [-0.2, 0) is 22.6 Å². The van der Waals surface area contributed by atoms with Crippen LogP contribution in [0.1, 0.15) is 18.1 Å². The number of hydrogen-bond acceptors (Lipinski definition) is 4. The third kappa shape index (κ3) is 4.21. The Hall–Kier alpha value is -2.18. The predicted molar refractivity (Wildman–Crippen MR) is 91.5 cm³/mol. The lowest BCUT2D eigenvalue weighted by molar-refractivity contribution is -0.137. The van der Waals surface area contributed by atoms with E-state index in [1.807, 2.05) is 40.9 Å². The Balaban J connectivity index is 1.58. The van der Waals surface area contributed by atoms with E-state index in [0.717, 1.165) is 6.54 Å². The lowest BCUT2D eigenvalue weighted by Gasteiger charge is -2.29. The molecule has 1 amide bonds. The Morgan fingerprint density at radius 3 is 2.71 bits per heavy atom. The molecule has 1 fully saturated rings. The van der Waals surface area contributed by atoms with Gasteiger partial charge in [-0.05, 0) is 24.1 Å². The van der Waals surface area contributed by atoms with Crippen molar-refractivity contribution >= 4 is 5.91 Å². The Morgan fingerprint density at radius 2 is 2.00 bits per heavy atom. The van der Waals surface area contributed by atoms with Gasteiger partial charge in [-0.2, -0.15) is 5.10 Å². The monoisotopic (exact) mass is 328 g/mol. The molecule has 1 atom stereocenters. The minimum atomic E-state index is -0.208. The smallest absolute Gasteiger partial charge is 0.239 e. The summed E-state index contributed by atoms with van der Waals surface area (Å²) in [6.07, 6.45) is 3.73. The fourth-order valence-corrected chi connectivity index (χ4v) is 2.86. The van der Waals surface area contributed by atoms with Gasteiger partial charge in [0.15, 0.2) is 0 Å². The number of carbonyl (C=O) groups excluding carboxylic acids is 1. The molecule has 1 N–H and O–H groups in total. The maximum Gasteiger partial charge on any atom is 0.239 e. The van der Waals surface area contributed by atoms with E-state index in [0.29, 0.717) is 32.8 Å². The van der Waals surface area contributed by atoms with E-state index in [9.17, 15) is 4.79 Å². The molecule has 24 heavy (non-hydrogen) atoms. The van der Waals surface area contributed by atoms with E-state index < -0.39 is 0 Å². The molecule has 6 nitrogen and oxygen atoms in total. The number of aromatic nitrogens is 2. The van der Waals surface area contributed by atoms with Crippen LogP contribution in [0.2, 0.25) is 0 Å². The molecule has 1 aromatic heterocycles. The molecule has 0 spiro atoms. The van der Waals surface area contributed by atoms with Gasteiger partial charge < -0.3 is 15.0 Å². The Morgan fingerprint density at radius 1 is 1.25 bits per heavy atom. The van der Waals surface area contributed by atoms with Crippen LogP contribution in [0.4, 0.5) is 0 Å². The van der Waals surface area contributed by atoms with Gasteiger partial charge in [-0.25, -0.2) is 0 Å². The van der Waals surface area contributed by atoms with Gasteiger partial charge in [0.2, 0.25) is 5.91 Å².